The van der Waals surface area contributed by atoms with E-state index < -0.39 is 0 Å². The summed E-state index contributed by atoms with van der Waals surface area (Å²) in [7, 11) is 1.67. The summed E-state index contributed by atoms with van der Waals surface area (Å²) in [6, 6.07) is 17.9. The highest BCUT2D eigenvalue weighted by atomic mass is 16.5. The van der Waals surface area contributed by atoms with Gasteiger partial charge in [0.1, 0.15) is 5.75 Å². The lowest BCUT2D eigenvalue weighted by Crippen LogP contribution is -2.33. The number of para-hydroxylation sites is 1. The van der Waals surface area contributed by atoms with E-state index in [1.807, 2.05) is 54.3 Å². The molecule has 0 spiro atoms. The maximum Gasteiger partial charge on any atom is 0.228 e. The van der Waals surface area contributed by atoms with Gasteiger partial charge < -0.3 is 15.0 Å². The molecule has 1 amide bonds. The van der Waals surface area contributed by atoms with Crippen molar-refractivity contribution in [1.82, 2.24) is 5.32 Å². The Labute approximate surface area is 144 Å². The summed E-state index contributed by atoms with van der Waals surface area (Å²) in [6.45, 7) is 4.24. The van der Waals surface area contributed by atoms with Gasteiger partial charge in [0.15, 0.2) is 0 Å². The Bertz CT molecular complexity index is 611. The van der Waals surface area contributed by atoms with Crippen molar-refractivity contribution in [1.29, 1.82) is 0 Å². The summed E-state index contributed by atoms with van der Waals surface area (Å²) in [5.41, 5.74) is 2.22. The lowest BCUT2D eigenvalue weighted by molar-refractivity contribution is -0.118. The van der Waals surface area contributed by atoms with Crippen LogP contribution in [0.25, 0.3) is 0 Å². The van der Waals surface area contributed by atoms with Crippen molar-refractivity contribution in [2.45, 2.75) is 19.8 Å². The number of carbonyl (C=O) groups excluding carboxylic acids is 1. The fraction of sp³-hybridized carbons (Fsp3) is 0.350. The van der Waals surface area contributed by atoms with Crippen molar-refractivity contribution >= 4 is 11.6 Å². The first-order valence-corrected chi connectivity index (χ1v) is 8.43. The number of hydrogen-bond donors (Lipinski definition) is 1. The second kappa shape index (κ2) is 9.73. The fourth-order valence-corrected chi connectivity index (χ4v) is 2.59. The summed E-state index contributed by atoms with van der Waals surface area (Å²) in [4.78, 5) is 14.2. The zero-order valence-corrected chi connectivity index (χ0v) is 14.5. The zero-order chi connectivity index (χ0) is 17.2. The molecule has 2 aromatic rings. The molecule has 0 heterocycles. The van der Waals surface area contributed by atoms with E-state index in [4.69, 9.17) is 4.74 Å². The molecule has 0 unspecified atom stereocenters. The second-order valence-electron chi connectivity index (χ2n) is 5.57. The van der Waals surface area contributed by atoms with E-state index >= 15 is 0 Å². The minimum absolute atomic E-state index is 0.153. The molecular formula is C20H26N2O2. The molecule has 24 heavy (non-hydrogen) atoms. The molecule has 4 nitrogen and oxygen atoms in total. The van der Waals surface area contributed by atoms with Gasteiger partial charge >= 0.3 is 0 Å². The standard InChI is InChI=1S/C20H26N2O2/c1-3-22(18-7-5-4-6-8-18)20(23)14-16-21-15-13-17-9-11-19(24-2)12-10-17/h4-12,21H,3,13-16H2,1-2H3. The monoisotopic (exact) mass is 326 g/mol. The van der Waals surface area contributed by atoms with Crippen molar-refractivity contribution in [3.63, 3.8) is 0 Å². The van der Waals surface area contributed by atoms with Crippen LogP contribution in [0.2, 0.25) is 0 Å². The molecule has 0 fully saturated rings. The van der Waals surface area contributed by atoms with Crippen LogP contribution >= 0.6 is 0 Å². The Morgan fingerprint density at radius 2 is 1.75 bits per heavy atom. The van der Waals surface area contributed by atoms with Gasteiger partial charge in [-0.25, -0.2) is 0 Å². The first kappa shape index (κ1) is 18.0. The molecular weight excluding hydrogens is 300 g/mol. The summed E-state index contributed by atoms with van der Waals surface area (Å²) in [6.07, 6.45) is 1.44. The third-order valence-electron chi connectivity index (χ3n) is 3.95. The number of anilines is 1. The van der Waals surface area contributed by atoms with E-state index in [9.17, 15) is 4.79 Å². The van der Waals surface area contributed by atoms with Gasteiger partial charge in [-0.05, 0) is 49.7 Å². The predicted molar refractivity (Wildman–Crippen MR) is 98.7 cm³/mol. The zero-order valence-electron chi connectivity index (χ0n) is 14.5. The molecule has 0 aliphatic carbocycles. The largest absolute Gasteiger partial charge is 0.497 e. The third kappa shape index (κ3) is 5.39. The van der Waals surface area contributed by atoms with Gasteiger partial charge in [0, 0.05) is 25.2 Å². The third-order valence-corrected chi connectivity index (χ3v) is 3.95. The Kier molecular flexibility index (Phi) is 7.30. The molecule has 2 aromatic carbocycles. The number of hydrogen-bond acceptors (Lipinski definition) is 3. The lowest BCUT2D eigenvalue weighted by atomic mass is 10.1. The molecule has 0 aliphatic rings. The molecule has 0 aromatic heterocycles. The van der Waals surface area contributed by atoms with E-state index in [0.717, 1.165) is 24.4 Å². The summed E-state index contributed by atoms with van der Waals surface area (Å²) in [5.74, 6) is 1.03. The van der Waals surface area contributed by atoms with E-state index in [2.05, 4.69) is 17.4 Å². The highest BCUT2D eigenvalue weighted by Gasteiger charge is 2.12. The minimum Gasteiger partial charge on any atom is -0.497 e. The molecule has 0 aliphatic heterocycles. The van der Waals surface area contributed by atoms with Gasteiger partial charge in [-0.2, -0.15) is 0 Å². The summed E-state index contributed by atoms with van der Waals surface area (Å²) < 4.78 is 5.15. The maximum absolute atomic E-state index is 12.4. The smallest absolute Gasteiger partial charge is 0.228 e. The van der Waals surface area contributed by atoms with Gasteiger partial charge in [0.2, 0.25) is 5.91 Å². The van der Waals surface area contributed by atoms with Crippen molar-refractivity contribution in [2.75, 3.05) is 31.6 Å². The van der Waals surface area contributed by atoms with Crippen LogP contribution in [0.4, 0.5) is 5.69 Å². The van der Waals surface area contributed by atoms with Gasteiger partial charge in [-0.3, -0.25) is 4.79 Å². The van der Waals surface area contributed by atoms with Crippen molar-refractivity contribution in [3.05, 3.63) is 60.2 Å². The first-order valence-electron chi connectivity index (χ1n) is 8.43. The quantitative estimate of drug-likeness (QED) is 0.719. The van der Waals surface area contributed by atoms with Gasteiger partial charge in [-0.1, -0.05) is 30.3 Å². The Hall–Kier alpha value is -2.33. The molecule has 0 bridgehead atoms. The second-order valence-corrected chi connectivity index (χ2v) is 5.57. The molecule has 0 saturated heterocycles. The lowest BCUT2D eigenvalue weighted by Gasteiger charge is -2.21. The van der Waals surface area contributed by atoms with Gasteiger partial charge in [-0.15, -0.1) is 0 Å². The average Bonchev–Trinajstić information content (AvgIpc) is 2.63. The van der Waals surface area contributed by atoms with Crippen LogP contribution in [-0.2, 0) is 11.2 Å². The number of amides is 1. The predicted octanol–water partition coefficient (Wildman–Crippen LogP) is 3.27. The van der Waals surface area contributed by atoms with Crippen LogP contribution in [0, 0.1) is 0 Å². The highest BCUT2D eigenvalue weighted by Crippen LogP contribution is 2.14. The van der Waals surface area contributed by atoms with Crippen molar-refractivity contribution in [2.24, 2.45) is 0 Å². The number of ether oxygens (including phenoxy) is 1. The van der Waals surface area contributed by atoms with E-state index in [0.29, 0.717) is 19.5 Å². The van der Waals surface area contributed by atoms with Crippen LogP contribution in [0.3, 0.4) is 0 Å². The number of benzene rings is 2. The fourth-order valence-electron chi connectivity index (χ4n) is 2.59. The molecule has 128 valence electrons. The van der Waals surface area contributed by atoms with Gasteiger partial charge in [0.25, 0.3) is 0 Å². The van der Waals surface area contributed by atoms with Crippen molar-refractivity contribution < 1.29 is 9.53 Å². The minimum atomic E-state index is 0.153. The average molecular weight is 326 g/mol. The molecule has 1 N–H and O–H groups in total. The SMILES string of the molecule is CCN(C(=O)CCNCCc1ccc(OC)cc1)c1ccccc1. The molecule has 0 atom stereocenters. The molecule has 4 heteroatoms. The number of nitrogens with one attached hydrogen (secondary N) is 1. The molecule has 0 radical (unpaired) electrons. The van der Waals surface area contributed by atoms with Crippen LogP contribution in [-0.4, -0.2) is 32.7 Å². The van der Waals surface area contributed by atoms with Crippen LogP contribution in [0.5, 0.6) is 5.75 Å². The normalized spacial score (nSPS) is 10.4. The number of carbonyl (C=O) groups is 1. The highest BCUT2D eigenvalue weighted by molar-refractivity contribution is 5.93. The van der Waals surface area contributed by atoms with Gasteiger partial charge in [0.05, 0.1) is 7.11 Å². The summed E-state index contributed by atoms with van der Waals surface area (Å²) >= 11 is 0. The van der Waals surface area contributed by atoms with E-state index in [-0.39, 0.29) is 5.91 Å². The Morgan fingerprint density at radius 1 is 1.04 bits per heavy atom. The van der Waals surface area contributed by atoms with Crippen LogP contribution in [0.15, 0.2) is 54.6 Å². The van der Waals surface area contributed by atoms with E-state index in [1.54, 1.807) is 7.11 Å². The Morgan fingerprint density at radius 3 is 2.38 bits per heavy atom. The van der Waals surface area contributed by atoms with Crippen molar-refractivity contribution in [3.8, 4) is 5.75 Å². The van der Waals surface area contributed by atoms with Crippen LogP contribution in [0.1, 0.15) is 18.9 Å². The topological polar surface area (TPSA) is 41.6 Å². The molecule has 2 rings (SSSR count). The molecule has 0 saturated carbocycles. The number of rotatable bonds is 9. The maximum atomic E-state index is 12.4. The van der Waals surface area contributed by atoms with Crippen LogP contribution < -0.4 is 15.0 Å². The number of methoxy groups -OCH3 is 1. The number of nitrogens with zero attached hydrogens (tertiary/aromatic N) is 1. The van der Waals surface area contributed by atoms with E-state index in [1.165, 1.54) is 5.56 Å². The first-order chi connectivity index (χ1) is 11.7. The summed E-state index contributed by atoms with van der Waals surface area (Å²) in [5, 5.41) is 3.35. The Balaban J connectivity index is 1.70.